The van der Waals surface area contributed by atoms with Gasteiger partial charge in [-0.15, -0.1) is 0 Å². The highest BCUT2D eigenvalue weighted by Gasteiger charge is 2.14. The maximum absolute atomic E-state index is 10.7. The van der Waals surface area contributed by atoms with Crippen LogP contribution in [0.25, 0.3) is 11.3 Å². The SMILES string of the molecule is O=C(O)Cc1ccc(-c2c(Cl)cc(Cl)cc2Cl)nc1Cl. The minimum Gasteiger partial charge on any atom is -0.481 e. The first-order chi connectivity index (χ1) is 9.38. The molecular weight excluding hydrogens is 344 g/mol. The molecule has 0 atom stereocenters. The molecule has 0 fully saturated rings. The van der Waals surface area contributed by atoms with E-state index in [1.807, 2.05) is 0 Å². The van der Waals surface area contributed by atoms with E-state index in [1.165, 1.54) is 0 Å². The molecule has 3 nitrogen and oxygen atoms in total. The van der Waals surface area contributed by atoms with Crippen molar-refractivity contribution in [1.29, 1.82) is 0 Å². The van der Waals surface area contributed by atoms with Crippen molar-refractivity contribution in [3.8, 4) is 11.3 Å². The van der Waals surface area contributed by atoms with Gasteiger partial charge in [0.25, 0.3) is 0 Å². The third-order valence-electron chi connectivity index (χ3n) is 2.53. The molecule has 0 bridgehead atoms. The molecular formula is C13H7Cl4NO2. The number of nitrogens with zero attached hydrogens (tertiary/aromatic N) is 1. The maximum atomic E-state index is 10.7. The number of rotatable bonds is 3. The molecule has 20 heavy (non-hydrogen) atoms. The number of benzene rings is 1. The molecule has 2 rings (SSSR count). The Morgan fingerprint density at radius 2 is 1.70 bits per heavy atom. The fourth-order valence-electron chi connectivity index (χ4n) is 1.68. The number of carbonyl (C=O) groups is 1. The van der Waals surface area contributed by atoms with Crippen molar-refractivity contribution in [3.05, 3.63) is 50.0 Å². The lowest BCUT2D eigenvalue weighted by atomic mass is 10.1. The van der Waals surface area contributed by atoms with Crippen molar-refractivity contribution in [2.45, 2.75) is 6.42 Å². The highest BCUT2D eigenvalue weighted by Crippen LogP contribution is 2.37. The monoisotopic (exact) mass is 349 g/mol. The van der Waals surface area contributed by atoms with Crippen molar-refractivity contribution in [1.82, 2.24) is 4.98 Å². The van der Waals surface area contributed by atoms with Crippen LogP contribution < -0.4 is 0 Å². The topological polar surface area (TPSA) is 50.2 Å². The molecule has 0 saturated carbocycles. The molecule has 0 spiro atoms. The molecule has 1 aromatic heterocycles. The zero-order valence-electron chi connectivity index (χ0n) is 9.83. The average Bonchev–Trinajstić information content (AvgIpc) is 2.30. The zero-order chi connectivity index (χ0) is 14.9. The number of carboxylic acid groups (broad SMARTS) is 1. The van der Waals surface area contributed by atoms with E-state index in [0.29, 0.717) is 31.9 Å². The molecule has 0 aliphatic heterocycles. The Labute approximate surface area is 135 Å². The Morgan fingerprint density at radius 3 is 2.20 bits per heavy atom. The van der Waals surface area contributed by atoms with Gasteiger partial charge in [0.15, 0.2) is 0 Å². The van der Waals surface area contributed by atoms with Gasteiger partial charge in [0.05, 0.1) is 22.2 Å². The maximum Gasteiger partial charge on any atom is 0.307 e. The number of hydrogen-bond donors (Lipinski definition) is 1. The van der Waals surface area contributed by atoms with Crippen LogP contribution in [-0.4, -0.2) is 16.1 Å². The second-order valence-corrected chi connectivity index (χ2v) is 5.57. The number of aromatic nitrogens is 1. The third kappa shape index (κ3) is 3.36. The van der Waals surface area contributed by atoms with Crippen molar-refractivity contribution in [2.75, 3.05) is 0 Å². The molecule has 1 N–H and O–H groups in total. The van der Waals surface area contributed by atoms with Gasteiger partial charge in [-0.3, -0.25) is 4.79 Å². The summed E-state index contributed by atoms with van der Waals surface area (Å²) in [6.07, 6.45) is -0.200. The highest BCUT2D eigenvalue weighted by atomic mass is 35.5. The molecule has 0 aliphatic rings. The Morgan fingerprint density at radius 1 is 1.10 bits per heavy atom. The Hall–Kier alpha value is -1.000. The lowest BCUT2D eigenvalue weighted by molar-refractivity contribution is -0.136. The van der Waals surface area contributed by atoms with E-state index in [1.54, 1.807) is 24.3 Å². The predicted molar refractivity (Wildman–Crippen MR) is 81.1 cm³/mol. The van der Waals surface area contributed by atoms with Crippen LogP contribution in [0, 0.1) is 0 Å². The molecule has 0 saturated heterocycles. The molecule has 1 aromatic carbocycles. The Kier molecular flexibility index (Phi) is 4.76. The van der Waals surface area contributed by atoms with Crippen LogP contribution in [0.3, 0.4) is 0 Å². The second-order valence-electron chi connectivity index (χ2n) is 3.96. The van der Waals surface area contributed by atoms with Gasteiger partial charge in [-0.25, -0.2) is 4.98 Å². The van der Waals surface area contributed by atoms with E-state index < -0.39 is 5.97 Å². The zero-order valence-corrected chi connectivity index (χ0v) is 12.9. The van der Waals surface area contributed by atoms with Crippen molar-refractivity contribution >= 4 is 52.4 Å². The number of pyridine rings is 1. The Balaban J connectivity index is 2.50. The normalized spacial score (nSPS) is 10.6. The van der Waals surface area contributed by atoms with E-state index in [-0.39, 0.29) is 11.6 Å². The molecule has 1 heterocycles. The molecule has 104 valence electrons. The number of carboxylic acids is 1. The number of hydrogen-bond acceptors (Lipinski definition) is 2. The third-order valence-corrected chi connectivity index (χ3v) is 3.67. The summed E-state index contributed by atoms with van der Waals surface area (Å²) in [4.78, 5) is 14.8. The fraction of sp³-hybridized carbons (Fsp3) is 0.0769. The van der Waals surface area contributed by atoms with Crippen molar-refractivity contribution in [2.24, 2.45) is 0 Å². The number of halogens is 4. The highest BCUT2D eigenvalue weighted by molar-refractivity contribution is 6.41. The predicted octanol–water partition coefficient (Wildman–Crippen LogP) is 4.99. The molecule has 0 aliphatic carbocycles. The molecule has 0 radical (unpaired) electrons. The first-order valence-corrected chi connectivity index (χ1v) is 6.92. The van der Waals surface area contributed by atoms with Gasteiger partial charge < -0.3 is 5.11 Å². The van der Waals surface area contributed by atoms with E-state index >= 15 is 0 Å². The fourth-order valence-corrected chi connectivity index (χ4v) is 2.92. The summed E-state index contributed by atoms with van der Waals surface area (Å²) >= 11 is 24.0. The van der Waals surface area contributed by atoms with Crippen LogP contribution in [0.5, 0.6) is 0 Å². The van der Waals surface area contributed by atoms with Crippen LogP contribution in [0.2, 0.25) is 20.2 Å². The quantitative estimate of drug-likeness (QED) is 0.793. The summed E-state index contributed by atoms with van der Waals surface area (Å²) in [6, 6.07) is 6.29. The lowest BCUT2D eigenvalue weighted by Crippen LogP contribution is -2.02. The van der Waals surface area contributed by atoms with E-state index in [4.69, 9.17) is 51.5 Å². The minimum absolute atomic E-state index is 0.104. The molecule has 7 heteroatoms. The van der Waals surface area contributed by atoms with Crippen molar-refractivity contribution < 1.29 is 9.90 Å². The van der Waals surface area contributed by atoms with Gasteiger partial charge in [-0.2, -0.15) is 0 Å². The van der Waals surface area contributed by atoms with Gasteiger partial charge in [0.2, 0.25) is 0 Å². The van der Waals surface area contributed by atoms with Gasteiger partial charge in [0.1, 0.15) is 5.15 Å². The summed E-state index contributed by atoms with van der Waals surface area (Å²) in [5, 5.41) is 9.96. The summed E-state index contributed by atoms with van der Waals surface area (Å²) in [5.41, 5.74) is 1.38. The first kappa shape index (κ1) is 15.4. The molecule has 2 aromatic rings. The summed E-state index contributed by atoms with van der Waals surface area (Å²) < 4.78 is 0. The van der Waals surface area contributed by atoms with E-state index in [0.717, 1.165) is 0 Å². The Bertz CT molecular complexity index is 665. The van der Waals surface area contributed by atoms with E-state index in [2.05, 4.69) is 4.98 Å². The van der Waals surface area contributed by atoms with Crippen LogP contribution in [0.1, 0.15) is 5.56 Å². The van der Waals surface area contributed by atoms with Gasteiger partial charge in [0, 0.05) is 16.1 Å². The molecule has 0 unspecified atom stereocenters. The number of aliphatic carboxylic acids is 1. The van der Waals surface area contributed by atoms with Crippen LogP contribution >= 0.6 is 46.4 Å². The summed E-state index contributed by atoms with van der Waals surface area (Å²) in [6.45, 7) is 0. The van der Waals surface area contributed by atoms with Gasteiger partial charge >= 0.3 is 5.97 Å². The van der Waals surface area contributed by atoms with E-state index in [9.17, 15) is 4.79 Å². The standard InChI is InChI=1S/C13H7Cl4NO2/c14-7-4-8(15)12(9(16)5-7)10-2-1-6(3-11(19)20)13(17)18-10/h1-2,4-5H,3H2,(H,19,20). The van der Waals surface area contributed by atoms with Gasteiger partial charge in [-0.05, 0) is 18.2 Å². The largest absolute Gasteiger partial charge is 0.481 e. The van der Waals surface area contributed by atoms with Crippen molar-refractivity contribution in [3.63, 3.8) is 0 Å². The first-order valence-electron chi connectivity index (χ1n) is 5.40. The lowest BCUT2D eigenvalue weighted by Gasteiger charge is -2.09. The smallest absolute Gasteiger partial charge is 0.307 e. The summed E-state index contributed by atoms with van der Waals surface area (Å²) in [7, 11) is 0. The second kappa shape index (κ2) is 6.19. The van der Waals surface area contributed by atoms with Crippen LogP contribution in [0.15, 0.2) is 24.3 Å². The average molecular weight is 351 g/mol. The van der Waals surface area contributed by atoms with Gasteiger partial charge in [-0.1, -0.05) is 52.5 Å². The molecule has 0 amide bonds. The van der Waals surface area contributed by atoms with Crippen LogP contribution in [0.4, 0.5) is 0 Å². The summed E-state index contributed by atoms with van der Waals surface area (Å²) in [5.74, 6) is -0.982. The van der Waals surface area contributed by atoms with Crippen LogP contribution in [-0.2, 0) is 11.2 Å². The minimum atomic E-state index is -0.982.